The van der Waals surface area contributed by atoms with E-state index in [9.17, 15) is 9.90 Å². The number of nitrogens with two attached hydrogens (primary N) is 1. The molecule has 0 bridgehead atoms. The van der Waals surface area contributed by atoms with E-state index in [1.165, 1.54) is 25.5 Å². The molecule has 2 atom stereocenters. The number of aliphatic hydroxyl groups excluding tert-OH is 1. The average molecular weight is 343 g/mol. The van der Waals surface area contributed by atoms with Gasteiger partial charge in [-0.15, -0.1) is 0 Å². The highest BCUT2D eigenvalue weighted by molar-refractivity contribution is 5.82. The molecular formula is C18H25N5O2. The lowest BCUT2D eigenvalue weighted by atomic mass is 9.84. The van der Waals surface area contributed by atoms with Crippen molar-refractivity contribution in [3.8, 4) is 0 Å². The summed E-state index contributed by atoms with van der Waals surface area (Å²) in [5, 5.41) is 10.2. The molecule has 0 aliphatic heterocycles. The summed E-state index contributed by atoms with van der Waals surface area (Å²) in [5.74, 6) is 0.351. The highest BCUT2D eigenvalue weighted by Crippen LogP contribution is 2.27. The van der Waals surface area contributed by atoms with Gasteiger partial charge in [0.05, 0.1) is 17.2 Å². The van der Waals surface area contributed by atoms with E-state index in [2.05, 4.69) is 20.8 Å². The van der Waals surface area contributed by atoms with Gasteiger partial charge in [0.1, 0.15) is 6.10 Å². The predicted octanol–water partition coefficient (Wildman–Crippen LogP) is 1.73. The molecule has 1 aliphatic rings. The summed E-state index contributed by atoms with van der Waals surface area (Å²) >= 11 is 0. The smallest absolute Gasteiger partial charge is 0.268 e. The molecule has 2 aromatic rings. The van der Waals surface area contributed by atoms with E-state index < -0.39 is 18.1 Å². The van der Waals surface area contributed by atoms with Gasteiger partial charge in [-0.2, -0.15) is 0 Å². The first kappa shape index (κ1) is 17.6. The molecule has 0 radical (unpaired) electrons. The Morgan fingerprint density at radius 1 is 1.24 bits per heavy atom. The molecule has 0 saturated heterocycles. The Balaban J connectivity index is 1.51. The topological polar surface area (TPSA) is 113 Å². The normalized spacial score (nSPS) is 17.8. The molecule has 25 heavy (non-hydrogen) atoms. The van der Waals surface area contributed by atoms with Crippen molar-refractivity contribution in [2.45, 2.75) is 50.7 Å². The standard InChI is InChI=1S/C18H25N5O2/c19-13(10-12-6-2-1-3-7-12)17(24)18(25)23-22-16-11-20-14-8-4-5-9-15(14)21-16/h4-5,8-9,11-13,17,24H,1-3,6-7,10,19H2,(H,21,22)(H,23,25)/t13-,17?/m1/s1. The number of rotatable bonds is 6. The SMILES string of the molecule is N[C@H](CC1CCCCC1)C(O)C(=O)NNc1cnc2ccccc2n1. The largest absolute Gasteiger partial charge is 0.382 e. The van der Waals surface area contributed by atoms with Crippen molar-refractivity contribution in [2.75, 3.05) is 5.43 Å². The van der Waals surface area contributed by atoms with E-state index in [1.807, 2.05) is 24.3 Å². The summed E-state index contributed by atoms with van der Waals surface area (Å²) in [5.41, 5.74) is 12.7. The summed E-state index contributed by atoms with van der Waals surface area (Å²) in [7, 11) is 0. The van der Waals surface area contributed by atoms with Gasteiger partial charge < -0.3 is 10.8 Å². The van der Waals surface area contributed by atoms with E-state index in [4.69, 9.17) is 5.73 Å². The zero-order valence-electron chi connectivity index (χ0n) is 14.2. The van der Waals surface area contributed by atoms with Crippen LogP contribution in [-0.2, 0) is 4.79 Å². The van der Waals surface area contributed by atoms with E-state index in [0.29, 0.717) is 18.2 Å². The number of amides is 1. The second-order valence-corrected chi connectivity index (χ2v) is 6.71. The van der Waals surface area contributed by atoms with Crippen LogP contribution in [0.2, 0.25) is 0 Å². The average Bonchev–Trinajstić information content (AvgIpc) is 2.66. The van der Waals surface area contributed by atoms with Gasteiger partial charge >= 0.3 is 0 Å². The minimum Gasteiger partial charge on any atom is -0.382 e. The number of nitrogens with zero attached hydrogens (tertiary/aromatic N) is 2. The van der Waals surface area contributed by atoms with Gasteiger partial charge in [-0.3, -0.25) is 20.6 Å². The van der Waals surface area contributed by atoms with Crippen molar-refractivity contribution in [3.05, 3.63) is 30.5 Å². The minimum atomic E-state index is -1.25. The zero-order chi connectivity index (χ0) is 17.6. The van der Waals surface area contributed by atoms with Gasteiger partial charge in [0.2, 0.25) is 0 Å². The molecule has 5 N–H and O–H groups in total. The van der Waals surface area contributed by atoms with Crippen molar-refractivity contribution < 1.29 is 9.90 Å². The lowest BCUT2D eigenvalue weighted by Crippen LogP contribution is -2.48. The van der Waals surface area contributed by atoms with Crippen molar-refractivity contribution in [1.82, 2.24) is 15.4 Å². The number of aromatic nitrogens is 2. The van der Waals surface area contributed by atoms with E-state index in [-0.39, 0.29) is 0 Å². The van der Waals surface area contributed by atoms with Crippen LogP contribution in [0.5, 0.6) is 0 Å². The third-order valence-corrected chi connectivity index (χ3v) is 4.77. The second kappa shape index (κ2) is 8.22. The summed E-state index contributed by atoms with van der Waals surface area (Å²) in [4.78, 5) is 20.7. The van der Waals surface area contributed by atoms with E-state index in [1.54, 1.807) is 0 Å². The molecule has 1 aliphatic carbocycles. The molecule has 0 spiro atoms. The number of aliphatic hydroxyl groups is 1. The molecule has 7 nitrogen and oxygen atoms in total. The van der Waals surface area contributed by atoms with E-state index in [0.717, 1.165) is 23.9 Å². The lowest BCUT2D eigenvalue weighted by Gasteiger charge is -2.26. The van der Waals surface area contributed by atoms with Gasteiger partial charge in [0, 0.05) is 6.04 Å². The van der Waals surface area contributed by atoms with Crippen LogP contribution >= 0.6 is 0 Å². The molecule has 1 fully saturated rings. The number of hydrogen-bond donors (Lipinski definition) is 4. The highest BCUT2D eigenvalue weighted by Gasteiger charge is 2.26. The van der Waals surface area contributed by atoms with Crippen LogP contribution < -0.4 is 16.6 Å². The Hall–Kier alpha value is -2.25. The maximum Gasteiger partial charge on any atom is 0.268 e. The molecule has 3 rings (SSSR count). The lowest BCUT2D eigenvalue weighted by molar-refractivity contribution is -0.130. The van der Waals surface area contributed by atoms with E-state index >= 15 is 0 Å². The number of fused-ring (bicyclic) bond motifs is 1. The Morgan fingerprint density at radius 2 is 1.96 bits per heavy atom. The Labute approximate surface area is 147 Å². The molecule has 134 valence electrons. The van der Waals surface area contributed by atoms with Gasteiger partial charge in [-0.05, 0) is 24.5 Å². The molecule has 7 heteroatoms. The van der Waals surface area contributed by atoms with Crippen molar-refractivity contribution in [3.63, 3.8) is 0 Å². The number of hydrogen-bond acceptors (Lipinski definition) is 6. The van der Waals surface area contributed by atoms with Crippen LogP contribution in [0.3, 0.4) is 0 Å². The molecule has 1 amide bonds. The van der Waals surface area contributed by atoms with Crippen molar-refractivity contribution in [2.24, 2.45) is 11.7 Å². The quantitative estimate of drug-likeness (QED) is 0.594. The Kier molecular flexibility index (Phi) is 5.78. The molecule has 1 unspecified atom stereocenters. The third kappa shape index (κ3) is 4.64. The first-order valence-corrected chi connectivity index (χ1v) is 8.85. The van der Waals surface area contributed by atoms with Gasteiger partial charge in [-0.25, -0.2) is 4.98 Å². The number of benzene rings is 1. The van der Waals surface area contributed by atoms with Crippen LogP contribution in [0.4, 0.5) is 5.82 Å². The fraction of sp³-hybridized carbons (Fsp3) is 0.500. The number of para-hydroxylation sites is 2. The van der Waals surface area contributed by atoms with Crippen LogP contribution in [0.1, 0.15) is 38.5 Å². The molecule has 1 aromatic carbocycles. The van der Waals surface area contributed by atoms with Crippen LogP contribution in [0.25, 0.3) is 11.0 Å². The fourth-order valence-corrected chi connectivity index (χ4v) is 3.35. The Bertz CT molecular complexity index is 717. The van der Waals surface area contributed by atoms with Gasteiger partial charge in [-0.1, -0.05) is 44.2 Å². The summed E-state index contributed by atoms with van der Waals surface area (Å²) < 4.78 is 0. The number of carbonyl (C=O) groups is 1. The predicted molar refractivity (Wildman–Crippen MR) is 96.5 cm³/mol. The second-order valence-electron chi connectivity index (χ2n) is 6.71. The molecular weight excluding hydrogens is 318 g/mol. The Morgan fingerprint density at radius 3 is 2.72 bits per heavy atom. The summed E-state index contributed by atoms with van der Waals surface area (Å²) in [6.45, 7) is 0. The van der Waals surface area contributed by atoms with Crippen LogP contribution in [0.15, 0.2) is 30.5 Å². The number of carbonyl (C=O) groups excluding carboxylic acids is 1. The maximum atomic E-state index is 12.1. The molecule has 1 saturated carbocycles. The first-order chi connectivity index (χ1) is 12.1. The van der Waals surface area contributed by atoms with Crippen molar-refractivity contribution >= 4 is 22.8 Å². The molecule has 1 heterocycles. The summed E-state index contributed by atoms with van der Waals surface area (Å²) in [6, 6.07) is 6.89. The third-order valence-electron chi connectivity index (χ3n) is 4.77. The number of hydrazine groups is 1. The van der Waals surface area contributed by atoms with Gasteiger partial charge in [0.25, 0.3) is 5.91 Å². The number of anilines is 1. The zero-order valence-corrected chi connectivity index (χ0v) is 14.2. The monoisotopic (exact) mass is 343 g/mol. The van der Waals surface area contributed by atoms with Crippen molar-refractivity contribution in [1.29, 1.82) is 0 Å². The molecule has 1 aromatic heterocycles. The maximum absolute atomic E-state index is 12.1. The fourth-order valence-electron chi connectivity index (χ4n) is 3.35. The number of nitrogens with one attached hydrogen (secondary N) is 2. The van der Waals surface area contributed by atoms with Crippen LogP contribution in [-0.4, -0.2) is 33.1 Å². The first-order valence-electron chi connectivity index (χ1n) is 8.85. The minimum absolute atomic E-state index is 0.403. The van der Waals surface area contributed by atoms with Crippen LogP contribution in [0, 0.1) is 5.92 Å². The van der Waals surface area contributed by atoms with Gasteiger partial charge in [0.15, 0.2) is 5.82 Å². The summed E-state index contributed by atoms with van der Waals surface area (Å²) in [6.07, 6.45) is 6.90. The highest BCUT2D eigenvalue weighted by atomic mass is 16.3.